The normalized spacial score (nSPS) is 26.1. The zero-order valence-electron chi connectivity index (χ0n) is 9.01. The molecule has 1 rings (SSSR count). The fourth-order valence-electron chi connectivity index (χ4n) is 2.06. The quantitative estimate of drug-likeness (QED) is 0.694. The molecule has 1 aliphatic carbocycles. The molecule has 80 valence electrons. The van der Waals surface area contributed by atoms with Gasteiger partial charge in [0.05, 0.1) is 6.42 Å². The number of hydrogen-bond acceptors (Lipinski definition) is 2. The van der Waals surface area contributed by atoms with Crippen LogP contribution in [0.4, 0.5) is 0 Å². The average Bonchev–Trinajstić information content (AvgIpc) is 2.47. The largest absolute Gasteiger partial charge is 0.355 e. The van der Waals surface area contributed by atoms with Crippen LogP contribution in [0.1, 0.15) is 39.5 Å². The average molecular weight is 197 g/mol. The molecule has 2 unspecified atom stereocenters. The van der Waals surface area contributed by atoms with Crippen LogP contribution in [-0.2, 0) is 9.59 Å². The SMILES string of the molecule is CC(=O)CC(=O)NCC1CCC(C)C1. The van der Waals surface area contributed by atoms with E-state index >= 15 is 0 Å². The molecule has 1 aliphatic rings. The molecule has 2 atom stereocenters. The molecule has 1 amide bonds. The van der Waals surface area contributed by atoms with Crippen molar-refractivity contribution in [2.45, 2.75) is 39.5 Å². The van der Waals surface area contributed by atoms with Gasteiger partial charge in [0.1, 0.15) is 5.78 Å². The molecule has 3 heteroatoms. The van der Waals surface area contributed by atoms with Gasteiger partial charge in [0.2, 0.25) is 5.91 Å². The predicted molar refractivity (Wildman–Crippen MR) is 54.8 cm³/mol. The second-order valence-electron chi connectivity index (χ2n) is 4.47. The van der Waals surface area contributed by atoms with E-state index in [0.717, 1.165) is 12.5 Å². The minimum atomic E-state index is -0.128. The molecule has 0 spiro atoms. The Morgan fingerprint density at radius 2 is 2.07 bits per heavy atom. The maximum Gasteiger partial charge on any atom is 0.227 e. The minimum Gasteiger partial charge on any atom is -0.355 e. The fourth-order valence-corrected chi connectivity index (χ4v) is 2.06. The second kappa shape index (κ2) is 5.13. The first-order valence-corrected chi connectivity index (χ1v) is 5.34. The van der Waals surface area contributed by atoms with E-state index < -0.39 is 0 Å². The first-order valence-electron chi connectivity index (χ1n) is 5.34. The third-order valence-electron chi connectivity index (χ3n) is 2.80. The summed E-state index contributed by atoms with van der Waals surface area (Å²) in [6.07, 6.45) is 3.72. The van der Waals surface area contributed by atoms with Gasteiger partial charge in [-0.15, -0.1) is 0 Å². The first kappa shape index (κ1) is 11.2. The summed E-state index contributed by atoms with van der Waals surface area (Å²) < 4.78 is 0. The van der Waals surface area contributed by atoms with E-state index in [1.807, 2.05) is 0 Å². The zero-order chi connectivity index (χ0) is 10.6. The fraction of sp³-hybridized carbons (Fsp3) is 0.818. The van der Waals surface area contributed by atoms with E-state index in [4.69, 9.17) is 0 Å². The van der Waals surface area contributed by atoms with Crippen LogP contribution in [0.3, 0.4) is 0 Å². The van der Waals surface area contributed by atoms with Crippen LogP contribution in [0.2, 0.25) is 0 Å². The van der Waals surface area contributed by atoms with Crippen LogP contribution in [0.5, 0.6) is 0 Å². The van der Waals surface area contributed by atoms with Gasteiger partial charge < -0.3 is 5.32 Å². The van der Waals surface area contributed by atoms with Gasteiger partial charge >= 0.3 is 0 Å². The Morgan fingerprint density at radius 3 is 2.57 bits per heavy atom. The van der Waals surface area contributed by atoms with E-state index in [9.17, 15) is 9.59 Å². The summed E-state index contributed by atoms with van der Waals surface area (Å²) in [6, 6.07) is 0. The molecular weight excluding hydrogens is 178 g/mol. The Morgan fingerprint density at radius 1 is 1.36 bits per heavy atom. The molecular formula is C11H19NO2. The molecule has 0 radical (unpaired) electrons. The molecule has 0 saturated heterocycles. The summed E-state index contributed by atoms with van der Waals surface area (Å²) in [6.45, 7) is 4.44. The number of carbonyl (C=O) groups is 2. The molecule has 3 nitrogen and oxygen atoms in total. The Bertz CT molecular complexity index is 225. The summed E-state index contributed by atoms with van der Waals surface area (Å²) >= 11 is 0. The van der Waals surface area contributed by atoms with Crippen molar-refractivity contribution in [3.63, 3.8) is 0 Å². The first-order chi connectivity index (χ1) is 6.58. The summed E-state index contributed by atoms with van der Waals surface area (Å²) in [4.78, 5) is 21.8. The molecule has 0 bridgehead atoms. The Balaban J connectivity index is 2.14. The molecule has 0 heterocycles. The molecule has 0 aromatic rings. The predicted octanol–water partition coefficient (Wildman–Crippen LogP) is 1.52. The van der Waals surface area contributed by atoms with Crippen LogP contribution < -0.4 is 5.32 Å². The third-order valence-corrected chi connectivity index (χ3v) is 2.80. The van der Waals surface area contributed by atoms with Gasteiger partial charge in [-0.25, -0.2) is 0 Å². The molecule has 0 aliphatic heterocycles. The Kier molecular flexibility index (Phi) is 4.11. The molecule has 1 fully saturated rings. The third kappa shape index (κ3) is 3.90. The Labute approximate surface area is 85.3 Å². The van der Waals surface area contributed by atoms with Crippen molar-refractivity contribution in [1.82, 2.24) is 5.32 Å². The van der Waals surface area contributed by atoms with E-state index in [1.165, 1.54) is 26.2 Å². The molecule has 1 N–H and O–H groups in total. The lowest BCUT2D eigenvalue weighted by molar-refractivity contribution is -0.127. The lowest BCUT2D eigenvalue weighted by Gasteiger charge is -2.10. The molecule has 1 saturated carbocycles. The number of carbonyl (C=O) groups excluding carboxylic acids is 2. The number of hydrogen-bond donors (Lipinski definition) is 1. The standard InChI is InChI=1S/C11H19NO2/c1-8-3-4-10(5-8)7-12-11(14)6-9(2)13/h8,10H,3-7H2,1-2H3,(H,12,14). The highest BCUT2D eigenvalue weighted by molar-refractivity contribution is 5.96. The zero-order valence-corrected chi connectivity index (χ0v) is 9.01. The highest BCUT2D eigenvalue weighted by Crippen LogP contribution is 2.29. The number of Topliss-reactive ketones (excluding diaryl/α,β-unsaturated/α-hetero) is 1. The van der Waals surface area contributed by atoms with Gasteiger partial charge in [0, 0.05) is 6.54 Å². The van der Waals surface area contributed by atoms with Gasteiger partial charge in [0.15, 0.2) is 0 Å². The van der Waals surface area contributed by atoms with Crippen molar-refractivity contribution in [3.8, 4) is 0 Å². The smallest absolute Gasteiger partial charge is 0.227 e. The van der Waals surface area contributed by atoms with Crippen LogP contribution in [0.25, 0.3) is 0 Å². The summed E-state index contributed by atoms with van der Waals surface area (Å²) in [5.41, 5.74) is 0. The van der Waals surface area contributed by atoms with E-state index in [1.54, 1.807) is 0 Å². The summed E-state index contributed by atoms with van der Waals surface area (Å²) in [7, 11) is 0. The number of ketones is 1. The van der Waals surface area contributed by atoms with Crippen molar-refractivity contribution >= 4 is 11.7 Å². The van der Waals surface area contributed by atoms with E-state index in [2.05, 4.69) is 12.2 Å². The summed E-state index contributed by atoms with van der Waals surface area (Å²) in [5.74, 6) is 1.23. The van der Waals surface area contributed by atoms with E-state index in [-0.39, 0.29) is 18.1 Å². The summed E-state index contributed by atoms with van der Waals surface area (Å²) in [5, 5.41) is 2.82. The maximum atomic E-state index is 11.2. The highest BCUT2D eigenvalue weighted by Gasteiger charge is 2.21. The minimum absolute atomic E-state index is 0.0300. The second-order valence-corrected chi connectivity index (χ2v) is 4.47. The number of nitrogens with one attached hydrogen (secondary N) is 1. The lowest BCUT2D eigenvalue weighted by atomic mass is 10.1. The van der Waals surface area contributed by atoms with Crippen LogP contribution >= 0.6 is 0 Å². The monoisotopic (exact) mass is 197 g/mol. The van der Waals surface area contributed by atoms with Crippen LogP contribution in [0, 0.1) is 11.8 Å². The topological polar surface area (TPSA) is 46.2 Å². The lowest BCUT2D eigenvalue weighted by Crippen LogP contribution is -2.29. The van der Waals surface area contributed by atoms with Gasteiger partial charge in [0.25, 0.3) is 0 Å². The van der Waals surface area contributed by atoms with Gasteiger partial charge in [-0.3, -0.25) is 9.59 Å². The van der Waals surface area contributed by atoms with Crippen LogP contribution in [0.15, 0.2) is 0 Å². The molecule has 14 heavy (non-hydrogen) atoms. The number of amides is 1. The molecule has 0 aromatic heterocycles. The van der Waals surface area contributed by atoms with Crippen molar-refractivity contribution < 1.29 is 9.59 Å². The van der Waals surface area contributed by atoms with Gasteiger partial charge in [-0.05, 0) is 31.6 Å². The van der Waals surface area contributed by atoms with Gasteiger partial charge in [-0.1, -0.05) is 13.3 Å². The molecule has 0 aromatic carbocycles. The van der Waals surface area contributed by atoms with Crippen molar-refractivity contribution in [1.29, 1.82) is 0 Å². The van der Waals surface area contributed by atoms with Crippen molar-refractivity contribution in [3.05, 3.63) is 0 Å². The highest BCUT2D eigenvalue weighted by atomic mass is 16.2. The Hall–Kier alpha value is -0.860. The van der Waals surface area contributed by atoms with Gasteiger partial charge in [-0.2, -0.15) is 0 Å². The van der Waals surface area contributed by atoms with Crippen molar-refractivity contribution in [2.75, 3.05) is 6.54 Å². The van der Waals surface area contributed by atoms with Crippen LogP contribution in [-0.4, -0.2) is 18.2 Å². The maximum absolute atomic E-state index is 11.2. The number of rotatable bonds is 4. The van der Waals surface area contributed by atoms with Crippen molar-refractivity contribution in [2.24, 2.45) is 11.8 Å². The van der Waals surface area contributed by atoms with E-state index in [0.29, 0.717) is 5.92 Å².